The van der Waals surface area contributed by atoms with E-state index in [0.717, 1.165) is 29.0 Å². The number of nitrogens with zero attached hydrogens (tertiary/aromatic N) is 2. The van der Waals surface area contributed by atoms with E-state index in [9.17, 15) is 13.2 Å². The van der Waals surface area contributed by atoms with Gasteiger partial charge in [0.05, 0.1) is 40.6 Å². The summed E-state index contributed by atoms with van der Waals surface area (Å²) in [7, 11) is 0.420. The number of carbonyl (C=O) groups is 1. The number of hydrogen-bond donors (Lipinski definition) is 0. The lowest BCUT2D eigenvalue weighted by atomic mass is 9.88. The SMILES string of the molecule is COc1cc(COC2CN(C(=O)OC(C)(C)C)CCC2c2ccc(S(=O)(=O)OC)nc2)c(OC)c2ccccc12. The maximum Gasteiger partial charge on any atom is 0.410 e. The van der Waals surface area contributed by atoms with E-state index < -0.39 is 27.9 Å². The molecule has 3 aromatic rings. The number of amides is 1. The monoisotopic (exact) mass is 572 g/mol. The van der Waals surface area contributed by atoms with Crippen LogP contribution >= 0.6 is 0 Å². The van der Waals surface area contributed by atoms with Crippen molar-refractivity contribution in [3.8, 4) is 11.5 Å². The number of benzene rings is 2. The van der Waals surface area contributed by atoms with Crippen LogP contribution in [0.1, 0.15) is 44.2 Å². The number of likely N-dealkylation sites (tertiary alicyclic amines) is 1. The van der Waals surface area contributed by atoms with Crippen LogP contribution in [0, 0.1) is 0 Å². The minimum atomic E-state index is -3.91. The number of carbonyl (C=O) groups excluding carboxylic acids is 1. The smallest absolute Gasteiger partial charge is 0.410 e. The molecule has 216 valence electrons. The van der Waals surface area contributed by atoms with Gasteiger partial charge in [0.1, 0.15) is 17.1 Å². The van der Waals surface area contributed by atoms with E-state index in [-0.39, 0.29) is 24.1 Å². The van der Waals surface area contributed by atoms with Crippen LogP contribution in [0.3, 0.4) is 0 Å². The summed E-state index contributed by atoms with van der Waals surface area (Å²) in [4.78, 5) is 18.7. The standard InChI is InChI=1S/C29H36N2O8S/c1-29(2,3)39-28(32)31-14-13-21(19-11-12-26(30-16-19)40(33,34)37-6)25(17-31)38-18-20-15-24(35-4)22-9-7-8-10-23(22)27(20)36-5/h7-12,15-16,21,25H,13-14,17-18H2,1-6H3. The molecule has 1 saturated heterocycles. The largest absolute Gasteiger partial charge is 0.496 e. The van der Waals surface area contributed by atoms with Crippen molar-refractivity contribution in [1.82, 2.24) is 9.88 Å². The maximum atomic E-state index is 12.9. The fourth-order valence-corrected chi connectivity index (χ4v) is 5.48. The number of piperidine rings is 1. The molecule has 4 rings (SSSR count). The summed E-state index contributed by atoms with van der Waals surface area (Å²) in [5.74, 6) is 1.23. The summed E-state index contributed by atoms with van der Waals surface area (Å²) < 4.78 is 52.2. The van der Waals surface area contributed by atoms with Gasteiger partial charge in [0.15, 0.2) is 5.03 Å². The Morgan fingerprint density at radius 3 is 2.38 bits per heavy atom. The average Bonchev–Trinajstić information content (AvgIpc) is 2.94. The summed E-state index contributed by atoms with van der Waals surface area (Å²) in [5.41, 5.74) is 0.962. The predicted octanol–water partition coefficient (Wildman–Crippen LogP) is 4.90. The lowest BCUT2D eigenvalue weighted by Crippen LogP contribution is -2.48. The first-order valence-electron chi connectivity index (χ1n) is 13.0. The van der Waals surface area contributed by atoms with Gasteiger partial charge in [-0.3, -0.25) is 4.18 Å². The third kappa shape index (κ3) is 6.48. The zero-order valence-electron chi connectivity index (χ0n) is 23.7. The Morgan fingerprint density at radius 1 is 1.05 bits per heavy atom. The van der Waals surface area contributed by atoms with Gasteiger partial charge >= 0.3 is 16.2 Å². The van der Waals surface area contributed by atoms with Crippen LogP contribution in [0.15, 0.2) is 53.7 Å². The molecule has 11 heteroatoms. The van der Waals surface area contributed by atoms with Gasteiger partial charge in [-0.2, -0.15) is 8.42 Å². The van der Waals surface area contributed by atoms with Gasteiger partial charge in [-0.15, -0.1) is 0 Å². The van der Waals surface area contributed by atoms with Crippen LogP contribution < -0.4 is 9.47 Å². The molecule has 0 N–H and O–H groups in total. The normalized spacial score (nSPS) is 18.0. The van der Waals surface area contributed by atoms with Crippen molar-refractivity contribution in [3.63, 3.8) is 0 Å². The summed E-state index contributed by atoms with van der Waals surface area (Å²) in [6.45, 7) is 6.40. The molecule has 1 aromatic heterocycles. The molecule has 1 aliphatic heterocycles. The first-order chi connectivity index (χ1) is 19.0. The Balaban J connectivity index is 1.64. The van der Waals surface area contributed by atoms with Crippen molar-refractivity contribution in [2.75, 3.05) is 34.4 Å². The first kappa shape index (κ1) is 29.6. The number of pyridine rings is 1. The highest BCUT2D eigenvalue weighted by molar-refractivity contribution is 7.86. The minimum absolute atomic E-state index is 0.154. The van der Waals surface area contributed by atoms with Crippen LogP contribution in [0.2, 0.25) is 0 Å². The van der Waals surface area contributed by atoms with Gasteiger partial charge in [-0.1, -0.05) is 30.3 Å². The molecule has 1 fully saturated rings. The van der Waals surface area contributed by atoms with Gasteiger partial charge in [0.25, 0.3) is 0 Å². The van der Waals surface area contributed by atoms with Crippen LogP contribution in [0.4, 0.5) is 4.79 Å². The zero-order valence-corrected chi connectivity index (χ0v) is 24.5. The molecule has 0 bridgehead atoms. The molecular formula is C29H36N2O8S. The predicted molar refractivity (Wildman–Crippen MR) is 149 cm³/mol. The quantitative estimate of drug-likeness (QED) is 0.348. The van der Waals surface area contributed by atoms with Crippen molar-refractivity contribution in [2.24, 2.45) is 0 Å². The molecule has 0 aliphatic carbocycles. The van der Waals surface area contributed by atoms with E-state index in [4.69, 9.17) is 18.9 Å². The Hall–Kier alpha value is -3.41. The van der Waals surface area contributed by atoms with Gasteiger partial charge in [-0.05, 0) is 44.9 Å². The number of methoxy groups -OCH3 is 2. The second-order valence-electron chi connectivity index (χ2n) is 10.5. The zero-order chi connectivity index (χ0) is 29.1. The van der Waals surface area contributed by atoms with Gasteiger partial charge in [0, 0.05) is 35.0 Å². The molecule has 40 heavy (non-hydrogen) atoms. The van der Waals surface area contributed by atoms with E-state index in [1.54, 1.807) is 25.2 Å². The van der Waals surface area contributed by atoms with Gasteiger partial charge in [0.2, 0.25) is 0 Å². The summed E-state index contributed by atoms with van der Waals surface area (Å²) in [5, 5.41) is 1.66. The first-order valence-corrected chi connectivity index (χ1v) is 14.4. The molecule has 0 saturated carbocycles. The molecule has 2 atom stereocenters. The molecule has 10 nitrogen and oxygen atoms in total. The van der Waals surface area contributed by atoms with Gasteiger partial charge < -0.3 is 23.8 Å². The molecule has 2 aromatic carbocycles. The molecule has 2 heterocycles. The highest BCUT2D eigenvalue weighted by Gasteiger charge is 2.36. The average molecular weight is 573 g/mol. The van der Waals surface area contributed by atoms with E-state index in [0.29, 0.717) is 24.5 Å². The molecule has 0 radical (unpaired) electrons. The van der Waals surface area contributed by atoms with E-state index in [2.05, 4.69) is 9.17 Å². The Labute approximate surface area is 235 Å². The molecule has 1 aliphatic rings. The number of aromatic nitrogens is 1. The highest BCUT2D eigenvalue weighted by Crippen LogP contribution is 2.38. The minimum Gasteiger partial charge on any atom is -0.496 e. The van der Waals surface area contributed by atoms with E-state index in [1.807, 2.05) is 51.1 Å². The number of fused-ring (bicyclic) bond motifs is 1. The van der Waals surface area contributed by atoms with E-state index in [1.165, 1.54) is 12.3 Å². The van der Waals surface area contributed by atoms with Crippen molar-refractivity contribution in [3.05, 3.63) is 59.8 Å². The fraction of sp³-hybridized carbons (Fsp3) is 0.448. The third-order valence-corrected chi connectivity index (χ3v) is 7.98. The second kappa shape index (κ2) is 12.0. The number of rotatable bonds is 8. The third-order valence-electron chi connectivity index (χ3n) is 6.78. The van der Waals surface area contributed by atoms with Crippen LogP contribution in [-0.2, 0) is 30.4 Å². The van der Waals surface area contributed by atoms with Crippen molar-refractivity contribution < 1.29 is 36.3 Å². The summed E-state index contributed by atoms with van der Waals surface area (Å²) in [6.07, 6.45) is 1.25. The number of ether oxygens (including phenoxy) is 4. The van der Waals surface area contributed by atoms with Gasteiger partial charge in [-0.25, -0.2) is 9.78 Å². The molecule has 2 unspecified atom stereocenters. The lowest BCUT2D eigenvalue weighted by Gasteiger charge is -2.39. The molecule has 0 spiro atoms. The summed E-state index contributed by atoms with van der Waals surface area (Å²) >= 11 is 0. The Morgan fingerprint density at radius 2 is 1.77 bits per heavy atom. The summed E-state index contributed by atoms with van der Waals surface area (Å²) in [6, 6.07) is 12.8. The topological polar surface area (TPSA) is 113 Å². The van der Waals surface area contributed by atoms with Crippen LogP contribution in [-0.4, -0.2) is 70.5 Å². The Kier molecular flexibility index (Phi) is 8.86. The van der Waals surface area contributed by atoms with Crippen molar-refractivity contribution in [2.45, 2.75) is 56.4 Å². The van der Waals surface area contributed by atoms with Crippen LogP contribution in [0.25, 0.3) is 10.8 Å². The second-order valence-corrected chi connectivity index (χ2v) is 12.2. The number of hydrogen-bond acceptors (Lipinski definition) is 9. The molecular weight excluding hydrogens is 536 g/mol. The molecule has 1 amide bonds. The van der Waals surface area contributed by atoms with Crippen molar-refractivity contribution in [1.29, 1.82) is 0 Å². The highest BCUT2D eigenvalue weighted by atomic mass is 32.2. The van der Waals surface area contributed by atoms with Crippen LogP contribution in [0.5, 0.6) is 11.5 Å². The van der Waals surface area contributed by atoms with E-state index >= 15 is 0 Å². The Bertz CT molecular complexity index is 1450. The lowest BCUT2D eigenvalue weighted by molar-refractivity contribution is -0.0363. The maximum absolute atomic E-state index is 12.9. The fourth-order valence-electron chi connectivity index (χ4n) is 4.89. The van der Waals surface area contributed by atoms with Crippen molar-refractivity contribution >= 4 is 27.0 Å².